The summed E-state index contributed by atoms with van der Waals surface area (Å²) in [5.74, 6) is -4.53. The number of hydrogen-bond acceptors (Lipinski definition) is 11. The third-order valence-corrected chi connectivity index (χ3v) is 8.01. The van der Waals surface area contributed by atoms with Crippen LogP contribution in [-0.4, -0.2) is 70.4 Å². The molecule has 16 heteroatoms. The Morgan fingerprint density at radius 2 is 1.63 bits per heavy atom. The minimum Gasteiger partial charge on any atom is -0.491 e. The number of esters is 3. The SMILES string of the molecule is COc1c(F)cc(-c2cn(C3C(OC(C)=O)[C@@H](Sc4ccc(Cl)c(Cl)c4)OC(COC(C)=O)[C@@H]3OC(C)=O)nn2)cc1F. The number of rotatable bonds is 9. The molecule has 3 unspecified atom stereocenters. The summed E-state index contributed by atoms with van der Waals surface area (Å²) < 4.78 is 57.6. The Labute approximate surface area is 258 Å². The zero-order valence-corrected chi connectivity index (χ0v) is 25.4. The molecule has 1 aliphatic heterocycles. The van der Waals surface area contributed by atoms with E-state index in [0.717, 1.165) is 37.9 Å². The molecule has 2 heterocycles. The molecule has 11 nitrogen and oxygen atoms in total. The van der Waals surface area contributed by atoms with E-state index in [1.165, 1.54) is 24.7 Å². The highest BCUT2D eigenvalue weighted by Gasteiger charge is 2.52. The van der Waals surface area contributed by atoms with Crippen LogP contribution in [0.5, 0.6) is 5.75 Å². The van der Waals surface area contributed by atoms with Gasteiger partial charge < -0.3 is 23.7 Å². The van der Waals surface area contributed by atoms with Crippen LogP contribution >= 0.6 is 35.0 Å². The van der Waals surface area contributed by atoms with Gasteiger partial charge in [0, 0.05) is 31.2 Å². The molecule has 1 aromatic heterocycles. The van der Waals surface area contributed by atoms with Crippen molar-refractivity contribution in [3.05, 3.63) is 58.2 Å². The summed E-state index contributed by atoms with van der Waals surface area (Å²) in [6.45, 7) is 3.19. The first-order chi connectivity index (χ1) is 20.4. The highest BCUT2D eigenvalue weighted by atomic mass is 35.5. The Kier molecular flexibility index (Phi) is 10.5. The molecule has 0 aliphatic carbocycles. The van der Waals surface area contributed by atoms with E-state index < -0.39 is 65.1 Å². The van der Waals surface area contributed by atoms with Gasteiger partial charge in [-0.3, -0.25) is 14.4 Å². The lowest BCUT2D eigenvalue weighted by molar-refractivity contribution is -0.212. The van der Waals surface area contributed by atoms with Crippen molar-refractivity contribution in [2.75, 3.05) is 13.7 Å². The van der Waals surface area contributed by atoms with Gasteiger partial charge in [0.1, 0.15) is 29.9 Å². The van der Waals surface area contributed by atoms with E-state index >= 15 is 0 Å². The number of benzene rings is 2. The Balaban J connectivity index is 1.82. The number of methoxy groups -OCH3 is 1. The average molecular weight is 660 g/mol. The molecule has 0 N–H and O–H groups in total. The zero-order valence-electron chi connectivity index (χ0n) is 23.1. The summed E-state index contributed by atoms with van der Waals surface area (Å²) in [6.07, 6.45) is -2.15. The highest BCUT2D eigenvalue weighted by molar-refractivity contribution is 7.99. The van der Waals surface area contributed by atoms with Gasteiger partial charge in [-0.15, -0.1) is 5.10 Å². The number of carbonyl (C=O) groups excluding carboxylic acids is 3. The van der Waals surface area contributed by atoms with Gasteiger partial charge in [-0.2, -0.15) is 0 Å². The summed E-state index contributed by atoms with van der Waals surface area (Å²) in [5, 5.41) is 8.75. The largest absolute Gasteiger partial charge is 0.491 e. The van der Waals surface area contributed by atoms with Crippen molar-refractivity contribution in [1.82, 2.24) is 15.0 Å². The van der Waals surface area contributed by atoms with Gasteiger partial charge >= 0.3 is 17.9 Å². The number of hydrogen-bond donors (Lipinski definition) is 0. The number of nitrogens with zero attached hydrogens (tertiary/aromatic N) is 3. The molecule has 0 amide bonds. The summed E-state index contributed by atoms with van der Waals surface area (Å²) in [4.78, 5) is 36.8. The predicted molar refractivity (Wildman–Crippen MR) is 150 cm³/mol. The van der Waals surface area contributed by atoms with Crippen LogP contribution < -0.4 is 4.74 Å². The van der Waals surface area contributed by atoms with Gasteiger partial charge in [0.05, 0.1) is 23.4 Å². The molecule has 0 saturated carbocycles. The van der Waals surface area contributed by atoms with Crippen molar-refractivity contribution in [3.8, 4) is 17.0 Å². The van der Waals surface area contributed by atoms with Crippen LogP contribution in [0.4, 0.5) is 8.78 Å². The minimum atomic E-state index is -1.23. The van der Waals surface area contributed by atoms with E-state index in [2.05, 4.69) is 10.3 Å². The molecule has 1 aliphatic rings. The predicted octanol–water partition coefficient (Wildman–Crippen LogP) is 5.02. The van der Waals surface area contributed by atoms with Crippen LogP contribution in [0.1, 0.15) is 26.8 Å². The Morgan fingerprint density at radius 1 is 0.977 bits per heavy atom. The van der Waals surface area contributed by atoms with Crippen molar-refractivity contribution in [2.24, 2.45) is 0 Å². The van der Waals surface area contributed by atoms with Crippen LogP contribution in [0.15, 0.2) is 41.4 Å². The number of carbonyl (C=O) groups is 3. The smallest absolute Gasteiger partial charge is 0.303 e. The molecule has 1 saturated heterocycles. The molecule has 4 rings (SSSR count). The van der Waals surface area contributed by atoms with E-state index in [1.54, 1.807) is 18.2 Å². The first-order valence-corrected chi connectivity index (χ1v) is 14.2. The lowest BCUT2D eigenvalue weighted by atomic mass is 9.96. The number of thioether (sulfide) groups is 1. The van der Waals surface area contributed by atoms with Crippen LogP contribution in [0.2, 0.25) is 10.0 Å². The van der Waals surface area contributed by atoms with E-state index in [0.29, 0.717) is 9.92 Å². The molecular formula is C27H25Cl2F2N3O8S. The molecule has 1 fully saturated rings. The Morgan fingerprint density at radius 3 is 2.21 bits per heavy atom. The average Bonchev–Trinajstić information content (AvgIpc) is 3.40. The molecule has 0 bridgehead atoms. The number of halogens is 4. The molecule has 0 radical (unpaired) electrons. The quantitative estimate of drug-likeness (QED) is 0.227. The molecule has 5 atom stereocenters. The molecule has 3 aromatic rings. The fourth-order valence-electron chi connectivity index (χ4n) is 4.42. The highest BCUT2D eigenvalue weighted by Crippen LogP contribution is 2.42. The Hall–Kier alpha value is -3.46. The maximum absolute atomic E-state index is 14.5. The second-order valence-electron chi connectivity index (χ2n) is 9.23. The van der Waals surface area contributed by atoms with Gasteiger partial charge in [-0.05, 0) is 30.3 Å². The molecule has 0 spiro atoms. The third-order valence-electron chi connectivity index (χ3n) is 6.13. The van der Waals surface area contributed by atoms with Crippen molar-refractivity contribution in [3.63, 3.8) is 0 Å². The van der Waals surface area contributed by atoms with E-state index in [1.807, 2.05) is 0 Å². The minimum absolute atomic E-state index is 0.0281. The molecule has 230 valence electrons. The van der Waals surface area contributed by atoms with Gasteiger partial charge in [0.15, 0.2) is 29.6 Å². The molecular weight excluding hydrogens is 635 g/mol. The summed E-state index contributed by atoms with van der Waals surface area (Å²) >= 11 is 13.4. The van der Waals surface area contributed by atoms with Crippen molar-refractivity contribution >= 4 is 52.9 Å². The fourth-order valence-corrected chi connectivity index (χ4v) is 5.93. The van der Waals surface area contributed by atoms with Crippen LogP contribution in [0.25, 0.3) is 11.3 Å². The maximum atomic E-state index is 14.5. The van der Waals surface area contributed by atoms with Crippen molar-refractivity contribution in [2.45, 2.75) is 55.5 Å². The van der Waals surface area contributed by atoms with Gasteiger partial charge in [-0.1, -0.05) is 40.2 Å². The van der Waals surface area contributed by atoms with Crippen molar-refractivity contribution in [1.29, 1.82) is 0 Å². The summed E-state index contributed by atoms with van der Waals surface area (Å²) in [7, 11) is 1.13. The van der Waals surface area contributed by atoms with Crippen LogP contribution in [0.3, 0.4) is 0 Å². The normalized spacial score (nSPS) is 21.6. The Bertz CT molecular complexity index is 1500. The van der Waals surface area contributed by atoms with Gasteiger partial charge in [0.2, 0.25) is 0 Å². The van der Waals surface area contributed by atoms with E-state index in [-0.39, 0.29) is 22.9 Å². The van der Waals surface area contributed by atoms with E-state index in [9.17, 15) is 23.2 Å². The summed E-state index contributed by atoms with van der Waals surface area (Å²) in [6, 6.07) is 5.73. The van der Waals surface area contributed by atoms with Crippen molar-refractivity contribution < 1.29 is 46.8 Å². The van der Waals surface area contributed by atoms with Gasteiger partial charge in [0.25, 0.3) is 0 Å². The maximum Gasteiger partial charge on any atom is 0.303 e. The van der Waals surface area contributed by atoms with Crippen LogP contribution in [0, 0.1) is 11.6 Å². The van der Waals surface area contributed by atoms with Crippen LogP contribution in [-0.2, 0) is 33.3 Å². The standard InChI is InChI=1S/C27H25Cl2F2N3O8S/c1-12(35)39-11-22-25(40-13(2)36)23(34-10-21(32-33-34)15-7-19(30)24(38-4)20(31)8-15)26(41-14(3)37)27(42-22)43-16-5-6-17(28)18(29)9-16/h5-10,22-23,25-27H,11H2,1-4H3/t22?,23?,25-,26?,27+/m0/s1. The molecule has 2 aromatic carbocycles. The third kappa shape index (κ3) is 7.74. The lowest BCUT2D eigenvalue weighted by Gasteiger charge is -2.44. The molecule has 43 heavy (non-hydrogen) atoms. The fraction of sp³-hybridized carbons (Fsp3) is 0.370. The second-order valence-corrected chi connectivity index (χ2v) is 11.2. The first kappa shape index (κ1) is 32.5. The number of aromatic nitrogens is 3. The number of ether oxygens (including phenoxy) is 5. The lowest BCUT2D eigenvalue weighted by Crippen LogP contribution is -2.57. The first-order valence-electron chi connectivity index (χ1n) is 12.6. The monoisotopic (exact) mass is 659 g/mol. The van der Waals surface area contributed by atoms with E-state index in [4.69, 9.17) is 46.9 Å². The topological polar surface area (TPSA) is 128 Å². The van der Waals surface area contributed by atoms with Gasteiger partial charge in [-0.25, -0.2) is 13.5 Å². The zero-order chi connectivity index (χ0) is 31.4. The summed E-state index contributed by atoms with van der Waals surface area (Å²) in [5.41, 5.74) is -0.928. The second kappa shape index (κ2) is 13.9.